The van der Waals surface area contributed by atoms with E-state index in [9.17, 15) is 4.79 Å². The fraction of sp³-hybridized carbons (Fsp3) is 0.654. The second-order valence-corrected chi connectivity index (χ2v) is 10.6. The van der Waals surface area contributed by atoms with Gasteiger partial charge in [-0.15, -0.1) is 0 Å². The Morgan fingerprint density at radius 1 is 1.23 bits per heavy atom. The molecule has 6 atom stereocenters. The number of hydrogen-bond donors (Lipinski definition) is 0. The van der Waals surface area contributed by atoms with Crippen molar-refractivity contribution in [2.24, 2.45) is 23.2 Å². The molecule has 1 aromatic rings. The highest BCUT2D eigenvalue weighted by Gasteiger charge is 2.51. The van der Waals surface area contributed by atoms with Crippen molar-refractivity contribution in [1.29, 1.82) is 0 Å². The van der Waals surface area contributed by atoms with Crippen molar-refractivity contribution in [2.75, 3.05) is 0 Å². The summed E-state index contributed by atoms with van der Waals surface area (Å²) in [6.07, 6.45) is 8.86. The van der Waals surface area contributed by atoms with E-state index in [1.165, 1.54) is 32.1 Å². The Bertz CT molecular complexity index is 791. The van der Waals surface area contributed by atoms with Crippen molar-refractivity contribution in [1.82, 2.24) is 0 Å². The van der Waals surface area contributed by atoms with Gasteiger partial charge in [0.2, 0.25) is 6.29 Å². The summed E-state index contributed by atoms with van der Waals surface area (Å²) >= 11 is 3.62. The van der Waals surface area contributed by atoms with E-state index in [-0.39, 0.29) is 5.97 Å². The van der Waals surface area contributed by atoms with Crippen LogP contribution in [0.1, 0.15) is 84.0 Å². The minimum absolute atomic E-state index is 0.226. The summed E-state index contributed by atoms with van der Waals surface area (Å²) in [6.45, 7) is 6.85. The maximum absolute atomic E-state index is 12.6. The number of ether oxygens (including phenoxy) is 2. The van der Waals surface area contributed by atoms with E-state index < -0.39 is 11.9 Å². The molecular weight excluding hydrogens is 440 g/mol. The second kappa shape index (κ2) is 8.78. The number of carbonyl (C=O) groups excluding carboxylic acids is 1. The van der Waals surface area contributed by atoms with E-state index in [4.69, 9.17) is 9.47 Å². The molecule has 0 radical (unpaired) electrons. The first-order chi connectivity index (χ1) is 14.4. The molecule has 2 aliphatic carbocycles. The Hall–Kier alpha value is -1.13. The number of esters is 1. The van der Waals surface area contributed by atoms with Crippen LogP contribution in [0.4, 0.5) is 0 Å². The summed E-state index contributed by atoms with van der Waals surface area (Å²) in [5.41, 5.74) is 2.13. The summed E-state index contributed by atoms with van der Waals surface area (Å²) < 4.78 is 11.7. The largest absolute Gasteiger partial charge is 0.429 e. The summed E-state index contributed by atoms with van der Waals surface area (Å²) in [5.74, 6) is 1.96. The molecule has 3 aliphatic rings. The van der Waals surface area contributed by atoms with Crippen molar-refractivity contribution in [2.45, 2.75) is 84.0 Å². The molecule has 4 rings (SSSR count). The molecule has 0 bridgehead atoms. The van der Waals surface area contributed by atoms with Gasteiger partial charge in [-0.3, -0.25) is 0 Å². The molecule has 2 saturated carbocycles. The van der Waals surface area contributed by atoms with Gasteiger partial charge in [0.25, 0.3) is 0 Å². The molecule has 0 spiro atoms. The average molecular weight is 475 g/mol. The fourth-order valence-corrected chi connectivity index (χ4v) is 7.09. The zero-order valence-electron chi connectivity index (χ0n) is 18.5. The van der Waals surface area contributed by atoms with Crippen LogP contribution in [0.3, 0.4) is 0 Å². The predicted octanol–water partition coefficient (Wildman–Crippen LogP) is 7.32. The molecule has 1 unspecified atom stereocenters. The topological polar surface area (TPSA) is 35.5 Å². The highest BCUT2D eigenvalue weighted by Crippen LogP contribution is 2.60. The lowest BCUT2D eigenvalue weighted by Crippen LogP contribution is -2.36. The Labute approximate surface area is 189 Å². The average Bonchev–Trinajstić information content (AvgIpc) is 3.25. The van der Waals surface area contributed by atoms with Gasteiger partial charge in [-0.1, -0.05) is 72.1 Å². The van der Waals surface area contributed by atoms with Crippen LogP contribution < -0.4 is 0 Å². The molecule has 0 aromatic heterocycles. The lowest BCUT2D eigenvalue weighted by atomic mass is 9.61. The molecule has 1 heterocycles. The van der Waals surface area contributed by atoms with Gasteiger partial charge in [0.15, 0.2) is 5.60 Å². The van der Waals surface area contributed by atoms with Crippen LogP contribution in [0.25, 0.3) is 0 Å². The zero-order valence-corrected chi connectivity index (χ0v) is 20.1. The van der Waals surface area contributed by atoms with E-state index >= 15 is 0 Å². The van der Waals surface area contributed by atoms with E-state index in [0.29, 0.717) is 11.3 Å². The smallest absolute Gasteiger partial charge is 0.340 e. The Morgan fingerprint density at radius 3 is 2.73 bits per heavy atom. The second-order valence-electron chi connectivity index (χ2n) is 10.1. The number of carbonyl (C=O) groups is 1. The molecule has 0 amide bonds. The van der Waals surface area contributed by atoms with Crippen LogP contribution in [0, 0.1) is 23.2 Å². The Morgan fingerprint density at radius 2 is 2.00 bits per heavy atom. The van der Waals surface area contributed by atoms with Gasteiger partial charge in [0.1, 0.15) is 0 Å². The van der Waals surface area contributed by atoms with Gasteiger partial charge in [-0.05, 0) is 80.0 Å². The van der Waals surface area contributed by atoms with Gasteiger partial charge in [0, 0.05) is 5.56 Å². The number of cyclic esters (lactones) is 1. The monoisotopic (exact) mass is 474 g/mol. The Balaban J connectivity index is 1.33. The third kappa shape index (κ3) is 4.02. The molecule has 164 valence electrons. The molecular formula is C26H35BrO3. The number of hydrogen-bond acceptors (Lipinski definition) is 3. The molecule has 1 aromatic carbocycles. The number of halogens is 1. The maximum atomic E-state index is 12.6. The first kappa shape index (κ1) is 22.1. The molecule has 3 nitrogen and oxygen atoms in total. The molecule has 1 saturated heterocycles. The number of rotatable bonds is 6. The van der Waals surface area contributed by atoms with E-state index in [0.717, 1.165) is 36.7 Å². The molecule has 0 N–H and O–H groups in total. The highest BCUT2D eigenvalue weighted by atomic mass is 79.9. The Kier molecular flexibility index (Phi) is 6.46. The van der Waals surface area contributed by atoms with E-state index in [1.807, 2.05) is 37.3 Å². The number of benzene rings is 1. The van der Waals surface area contributed by atoms with E-state index in [1.54, 1.807) is 5.57 Å². The maximum Gasteiger partial charge on any atom is 0.340 e. The summed E-state index contributed by atoms with van der Waals surface area (Å²) in [6, 6.07) is 9.74. The molecule has 1 aliphatic heterocycles. The molecule has 30 heavy (non-hydrogen) atoms. The molecule has 3 fully saturated rings. The van der Waals surface area contributed by atoms with Crippen molar-refractivity contribution in [3.8, 4) is 0 Å². The molecule has 4 heteroatoms. The van der Waals surface area contributed by atoms with Crippen molar-refractivity contribution in [3.05, 3.63) is 46.5 Å². The lowest BCUT2D eigenvalue weighted by Gasteiger charge is -2.44. The minimum Gasteiger partial charge on any atom is -0.429 e. The van der Waals surface area contributed by atoms with Gasteiger partial charge in [-0.2, -0.15) is 0 Å². The first-order valence-electron chi connectivity index (χ1n) is 11.6. The number of fused-ring (bicyclic) bond motifs is 1. The summed E-state index contributed by atoms with van der Waals surface area (Å²) in [7, 11) is 0. The normalized spacial score (nSPS) is 38.5. The van der Waals surface area contributed by atoms with Gasteiger partial charge >= 0.3 is 5.97 Å². The van der Waals surface area contributed by atoms with Crippen LogP contribution in [0.2, 0.25) is 0 Å². The fourth-order valence-electron chi connectivity index (χ4n) is 6.55. The number of allylic oxidation sites excluding steroid dienone is 1. The minimum atomic E-state index is -0.834. The third-order valence-corrected chi connectivity index (χ3v) is 8.85. The van der Waals surface area contributed by atoms with Crippen LogP contribution in [-0.4, -0.2) is 11.6 Å². The standard InChI is InChI=1S/C26H35BrO3/c1-18(21-13-14-22-20(17-27)12-8-15-25(21,22)2)9-7-16-26(3)24(28)29-23(30-26)19-10-5-4-6-11-19/h4-6,10-11,17-18,21-23H,7-9,12-16H2,1-3H3/b20-17+/t18-,21-,22?,23-,25-,26-/m1/s1. The quantitative estimate of drug-likeness (QED) is 0.405. The van der Waals surface area contributed by atoms with Crippen LogP contribution >= 0.6 is 15.9 Å². The SMILES string of the molecule is C[C@H](CCC[C@@]1(C)O[C@H](c2ccccc2)OC1=O)[C@H]1CCC2/C(=C/Br)CCC[C@@]21C. The third-order valence-electron chi connectivity index (χ3n) is 8.26. The van der Waals surface area contributed by atoms with Gasteiger partial charge < -0.3 is 9.47 Å². The van der Waals surface area contributed by atoms with Crippen molar-refractivity contribution in [3.63, 3.8) is 0 Å². The zero-order chi connectivity index (χ0) is 21.4. The van der Waals surface area contributed by atoms with Gasteiger partial charge in [-0.25, -0.2) is 4.79 Å². The highest BCUT2D eigenvalue weighted by molar-refractivity contribution is 9.11. The van der Waals surface area contributed by atoms with Crippen LogP contribution in [0.15, 0.2) is 40.9 Å². The van der Waals surface area contributed by atoms with Crippen LogP contribution in [0.5, 0.6) is 0 Å². The van der Waals surface area contributed by atoms with Crippen LogP contribution in [-0.2, 0) is 14.3 Å². The van der Waals surface area contributed by atoms with Crippen molar-refractivity contribution < 1.29 is 14.3 Å². The van der Waals surface area contributed by atoms with Crippen molar-refractivity contribution >= 4 is 21.9 Å². The summed E-state index contributed by atoms with van der Waals surface area (Å²) in [5, 5.41) is 0. The van der Waals surface area contributed by atoms with Gasteiger partial charge in [0.05, 0.1) is 0 Å². The predicted molar refractivity (Wildman–Crippen MR) is 123 cm³/mol. The lowest BCUT2D eigenvalue weighted by molar-refractivity contribution is -0.145. The summed E-state index contributed by atoms with van der Waals surface area (Å²) in [4.78, 5) is 14.8. The van der Waals surface area contributed by atoms with E-state index in [2.05, 4.69) is 34.8 Å². The first-order valence-corrected chi connectivity index (χ1v) is 12.5.